The van der Waals surface area contributed by atoms with Crippen LogP contribution in [0.4, 0.5) is 4.79 Å². The second kappa shape index (κ2) is 6.92. The fraction of sp³-hybridized carbons (Fsp3) is 0.857. The number of urea groups is 1. The summed E-state index contributed by atoms with van der Waals surface area (Å²) in [6.07, 6.45) is 1.14. The average Bonchev–Trinajstić information content (AvgIpc) is 2.38. The topological polar surface area (TPSA) is 72.9 Å². The Morgan fingerprint density at radius 1 is 1.25 bits per heavy atom. The molecule has 0 aliphatic carbocycles. The van der Waals surface area contributed by atoms with Crippen molar-refractivity contribution >= 4 is 12.0 Å². The molecule has 1 saturated heterocycles. The van der Waals surface area contributed by atoms with Crippen molar-refractivity contribution in [2.24, 2.45) is 0 Å². The van der Waals surface area contributed by atoms with Crippen molar-refractivity contribution in [3.63, 3.8) is 0 Å². The molecular weight excluding hydrogens is 258 g/mol. The monoisotopic (exact) mass is 285 g/mol. The Balaban J connectivity index is 2.57. The zero-order valence-electron chi connectivity index (χ0n) is 13.0. The number of amides is 2. The molecule has 1 rings (SSSR count). The van der Waals surface area contributed by atoms with Gasteiger partial charge in [0, 0.05) is 32.2 Å². The number of hydrogen-bond donors (Lipinski definition) is 2. The Bertz CT molecular complexity index is 352. The van der Waals surface area contributed by atoms with Crippen molar-refractivity contribution in [1.29, 1.82) is 0 Å². The number of nitrogens with one attached hydrogen (secondary N) is 1. The summed E-state index contributed by atoms with van der Waals surface area (Å²) >= 11 is 0. The lowest BCUT2D eigenvalue weighted by atomic mass is 9.96. The second-order valence-corrected chi connectivity index (χ2v) is 5.93. The predicted molar refractivity (Wildman–Crippen MR) is 77.8 cm³/mol. The number of carboxylic acid groups (broad SMARTS) is 1. The zero-order valence-corrected chi connectivity index (χ0v) is 13.0. The molecule has 1 atom stereocenters. The van der Waals surface area contributed by atoms with Crippen LogP contribution in [0.25, 0.3) is 0 Å². The maximum Gasteiger partial charge on any atom is 0.329 e. The van der Waals surface area contributed by atoms with E-state index in [1.165, 1.54) is 0 Å². The van der Waals surface area contributed by atoms with Crippen molar-refractivity contribution < 1.29 is 14.7 Å². The van der Waals surface area contributed by atoms with Crippen molar-refractivity contribution in [2.45, 2.75) is 52.1 Å². The lowest BCUT2D eigenvalue weighted by Crippen LogP contribution is -2.59. The summed E-state index contributed by atoms with van der Waals surface area (Å²) in [7, 11) is 0. The van der Waals surface area contributed by atoms with Gasteiger partial charge in [0.05, 0.1) is 0 Å². The molecule has 0 spiro atoms. The molecule has 1 aliphatic rings. The first-order valence-corrected chi connectivity index (χ1v) is 7.34. The van der Waals surface area contributed by atoms with Crippen LogP contribution in [0.5, 0.6) is 0 Å². The average molecular weight is 285 g/mol. The number of aliphatic carboxylic acids is 1. The van der Waals surface area contributed by atoms with Crippen LogP contribution in [0.1, 0.15) is 40.5 Å². The number of carbonyl (C=O) groups excluding carboxylic acids is 1. The number of carbonyl (C=O) groups is 2. The SMILES string of the molecule is CCCC(C)(NC(=O)N1CCN(C(C)C)CC1)C(=O)O. The van der Waals surface area contributed by atoms with E-state index in [2.05, 4.69) is 24.1 Å². The summed E-state index contributed by atoms with van der Waals surface area (Å²) in [5.41, 5.74) is -1.18. The minimum Gasteiger partial charge on any atom is -0.480 e. The standard InChI is InChI=1S/C14H27N3O3/c1-5-6-14(4,12(18)19)15-13(20)17-9-7-16(8-10-17)11(2)3/h11H,5-10H2,1-4H3,(H,15,20)(H,18,19). The van der Waals surface area contributed by atoms with Gasteiger partial charge in [-0.1, -0.05) is 13.3 Å². The molecule has 1 fully saturated rings. The normalized spacial score (nSPS) is 19.8. The van der Waals surface area contributed by atoms with Gasteiger partial charge in [-0.3, -0.25) is 4.90 Å². The van der Waals surface area contributed by atoms with E-state index in [1.807, 2.05) is 6.92 Å². The van der Waals surface area contributed by atoms with Crippen LogP contribution in [-0.4, -0.2) is 64.7 Å². The van der Waals surface area contributed by atoms with Gasteiger partial charge >= 0.3 is 12.0 Å². The quantitative estimate of drug-likeness (QED) is 0.800. The first-order chi connectivity index (χ1) is 9.30. The largest absolute Gasteiger partial charge is 0.480 e. The highest BCUT2D eigenvalue weighted by Gasteiger charge is 2.35. The van der Waals surface area contributed by atoms with E-state index >= 15 is 0 Å². The second-order valence-electron chi connectivity index (χ2n) is 5.93. The minimum atomic E-state index is -1.18. The molecule has 6 heteroatoms. The van der Waals surface area contributed by atoms with Gasteiger partial charge < -0.3 is 15.3 Å². The number of rotatable bonds is 5. The lowest BCUT2D eigenvalue weighted by molar-refractivity contribution is -0.144. The number of piperazine rings is 1. The smallest absolute Gasteiger partial charge is 0.329 e. The third-order valence-corrected chi connectivity index (χ3v) is 3.94. The third-order valence-electron chi connectivity index (χ3n) is 3.94. The van der Waals surface area contributed by atoms with E-state index in [4.69, 9.17) is 0 Å². The van der Waals surface area contributed by atoms with Crippen molar-refractivity contribution in [2.75, 3.05) is 26.2 Å². The van der Waals surface area contributed by atoms with E-state index in [0.717, 1.165) is 13.1 Å². The number of hydrogen-bond acceptors (Lipinski definition) is 3. The van der Waals surface area contributed by atoms with Gasteiger partial charge in [-0.2, -0.15) is 0 Å². The first kappa shape index (κ1) is 16.8. The molecule has 1 unspecified atom stereocenters. The fourth-order valence-electron chi connectivity index (χ4n) is 2.48. The molecule has 2 N–H and O–H groups in total. The zero-order chi connectivity index (χ0) is 15.3. The summed E-state index contributed by atoms with van der Waals surface area (Å²) in [4.78, 5) is 27.5. The summed E-state index contributed by atoms with van der Waals surface area (Å²) in [5, 5.41) is 12.0. The van der Waals surface area contributed by atoms with Crippen LogP contribution in [0.2, 0.25) is 0 Å². The summed E-state index contributed by atoms with van der Waals surface area (Å²) < 4.78 is 0. The van der Waals surface area contributed by atoms with Gasteiger partial charge in [-0.15, -0.1) is 0 Å². The number of carboxylic acids is 1. The van der Waals surface area contributed by atoms with Crippen LogP contribution in [0.3, 0.4) is 0 Å². The van der Waals surface area contributed by atoms with Crippen LogP contribution in [0, 0.1) is 0 Å². The van der Waals surface area contributed by atoms with E-state index in [-0.39, 0.29) is 6.03 Å². The maximum atomic E-state index is 12.2. The molecule has 20 heavy (non-hydrogen) atoms. The highest BCUT2D eigenvalue weighted by Crippen LogP contribution is 2.14. The van der Waals surface area contributed by atoms with Crippen LogP contribution in [0.15, 0.2) is 0 Å². The van der Waals surface area contributed by atoms with Crippen LogP contribution >= 0.6 is 0 Å². The summed E-state index contributed by atoms with van der Waals surface area (Å²) in [6.45, 7) is 10.7. The Kier molecular flexibility index (Phi) is 5.80. The van der Waals surface area contributed by atoms with E-state index in [1.54, 1.807) is 11.8 Å². The lowest BCUT2D eigenvalue weighted by Gasteiger charge is -2.38. The highest BCUT2D eigenvalue weighted by molar-refractivity contribution is 5.85. The molecule has 0 aromatic carbocycles. The van der Waals surface area contributed by atoms with Gasteiger partial charge in [0.1, 0.15) is 5.54 Å². The molecule has 0 radical (unpaired) electrons. The van der Waals surface area contributed by atoms with Gasteiger partial charge in [0.2, 0.25) is 0 Å². The molecule has 0 aromatic rings. The summed E-state index contributed by atoms with van der Waals surface area (Å²) in [5.74, 6) is -0.978. The summed E-state index contributed by atoms with van der Waals surface area (Å²) in [6, 6.07) is 0.205. The Morgan fingerprint density at radius 3 is 2.20 bits per heavy atom. The van der Waals surface area contributed by atoms with Gasteiger partial charge in [-0.25, -0.2) is 9.59 Å². The van der Waals surface area contributed by atoms with E-state index < -0.39 is 11.5 Å². The number of nitrogens with zero attached hydrogens (tertiary/aromatic N) is 2. The molecule has 1 heterocycles. The molecule has 2 amide bonds. The molecular formula is C14H27N3O3. The van der Waals surface area contributed by atoms with Gasteiger partial charge in [0.25, 0.3) is 0 Å². The molecule has 6 nitrogen and oxygen atoms in total. The molecule has 116 valence electrons. The van der Waals surface area contributed by atoms with Crippen molar-refractivity contribution in [3.8, 4) is 0 Å². The fourth-order valence-corrected chi connectivity index (χ4v) is 2.48. The Hall–Kier alpha value is -1.30. The maximum absolute atomic E-state index is 12.2. The van der Waals surface area contributed by atoms with Gasteiger partial charge in [-0.05, 0) is 27.2 Å². The van der Waals surface area contributed by atoms with Crippen molar-refractivity contribution in [1.82, 2.24) is 15.1 Å². The van der Waals surface area contributed by atoms with Gasteiger partial charge in [0.15, 0.2) is 0 Å². The van der Waals surface area contributed by atoms with Crippen LogP contribution in [-0.2, 0) is 4.79 Å². The predicted octanol–water partition coefficient (Wildman–Crippen LogP) is 1.37. The molecule has 0 aromatic heterocycles. The minimum absolute atomic E-state index is 0.272. The van der Waals surface area contributed by atoms with E-state index in [0.29, 0.717) is 32.0 Å². The third kappa shape index (κ3) is 4.10. The highest BCUT2D eigenvalue weighted by atomic mass is 16.4. The molecule has 0 bridgehead atoms. The van der Waals surface area contributed by atoms with Crippen LogP contribution < -0.4 is 5.32 Å². The molecule has 0 saturated carbocycles. The van der Waals surface area contributed by atoms with E-state index in [9.17, 15) is 14.7 Å². The Labute approximate surface area is 121 Å². The Morgan fingerprint density at radius 2 is 1.80 bits per heavy atom. The van der Waals surface area contributed by atoms with Crippen molar-refractivity contribution in [3.05, 3.63) is 0 Å². The first-order valence-electron chi connectivity index (χ1n) is 7.34. The molecule has 1 aliphatic heterocycles.